The third kappa shape index (κ3) is 5.40. The Kier molecular flexibility index (Phi) is 6.95. The van der Waals surface area contributed by atoms with E-state index in [2.05, 4.69) is 20.7 Å². The summed E-state index contributed by atoms with van der Waals surface area (Å²) in [5.74, 6) is 0.503. The van der Waals surface area contributed by atoms with Crippen LogP contribution in [0.5, 0.6) is 0 Å². The van der Waals surface area contributed by atoms with Crippen molar-refractivity contribution in [1.29, 1.82) is 0 Å². The smallest absolute Gasteiger partial charge is 0.339 e. The van der Waals surface area contributed by atoms with E-state index in [1.807, 2.05) is 47.4 Å². The molecule has 6 rings (SSSR count). The average Bonchev–Trinajstić information content (AvgIpc) is 3.67. The van der Waals surface area contributed by atoms with Gasteiger partial charge in [0, 0.05) is 68.2 Å². The predicted octanol–water partition coefficient (Wildman–Crippen LogP) is 3.87. The van der Waals surface area contributed by atoms with E-state index in [1.54, 1.807) is 10.7 Å². The molecule has 1 aromatic carbocycles. The fourth-order valence-electron chi connectivity index (χ4n) is 5.85. The van der Waals surface area contributed by atoms with Crippen LogP contribution < -0.4 is 10.6 Å². The fourth-order valence-corrected chi connectivity index (χ4v) is 5.85. The molecule has 2 atom stereocenters. The Hall–Kier alpha value is -3.93. The van der Waals surface area contributed by atoms with Crippen LogP contribution in [0.25, 0.3) is 11.2 Å². The van der Waals surface area contributed by atoms with Crippen molar-refractivity contribution in [2.75, 3.05) is 38.0 Å². The molecule has 3 aliphatic heterocycles. The molecule has 0 bridgehead atoms. The van der Waals surface area contributed by atoms with Crippen LogP contribution in [0.2, 0.25) is 0 Å². The number of alkyl halides is 3. The molecular weight excluding hydrogens is 523 g/mol. The Balaban J connectivity index is 1.12. The molecule has 0 saturated carbocycles. The number of benzene rings is 1. The van der Waals surface area contributed by atoms with Gasteiger partial charge in [-0.3, -0.25) is 9.59 Å². The lowest BCUT2D eigenvalue weighted by molar-refractivity contribution is -0.148. The van der Waals surface area contributed by atoms with Crippen molar-refractivity contribution in [2.24, 2.45) is 5.92 Å². The first-order chi connectivity index (χ1) is 19.2. The summed E-state index contributed by atoms with van der Waals surface area (Å²) in [6.45, 7) is 3.24. The maximum atomic E-state index is 13.1. The molecule has 210 valence electrons. The number of rotatable bonds is 6. The van der Waals surface area contributed by atoms with E-state index in [-0.39, 0.29) is 18.5 Å². The van der Waals surface area contributed by atoms with Gasteiger partial charge in [-0.05, 0) is 60.7 Å². The van der Waals surface area contributed by atoms with Crippen molar-refractivity contribution in [2.45, 2.75) is 37.9 Å². The van der Waals surface area contributed by atoms with Gasteiger partial charge in [0.1, 0.15) is 0 Å². The molecule has 2 amide bonds. The van der Waals surface area contributed by atoms with E-state index in [0.29, 0.717) is 36.0 Å². The van der Waals surface area contributed by atoms with E-state index in [4.69, 9.17) is 0 Å². The van der Waals surface area contributed by atoms with Crippen molar-refractivity contribution >= 4 is 34.7 Å². The number of anilines is 2. The highest BCUT2D eigenvalue weighted by Gasteiger charge is 2.40. The van der Waals surface area contributed by atoms with Crippen molar-refractivity contribution in [3.05, 3.63) is 59.8 Å². The van der Waals surface area contributed by atoms with Crippen LogP contribution in [0.15, 0.2) is 48.7 Å². The standard InChI is InChI=1S/C28H30F3N7O2/c29-28(30,31)11-7-24(39)36-13-8-18(9-14-36)22-2-1-12-38-25(22)34-27(35-38)33-21-5-3-19(4-6-21)26(40)37-15-10-20-16-32-17-23(20)37/h1-6,8,12,20,23,32H,7,9-11,13-17H2,(H,33,35)/t20-,23+/m0/s1. The third-order valence-corrected chi connectivity index (χ3v) is 7.99. The van der Waals surface area contributed by atoms with Crippen molar-refractivity contribution in [1.82, 2.24) is 29.7 Å². The first kappa shape index (κ1) is 26.3. The number of carbonyl (C=O) groups excluding carboxylic acids is 2. The number of carbonyl (C=O) groups is 2. The molecule has 12 heteroatoms. The normalized spacial score (nSPS) is 21.0. The minimum Gasteiger partial charge on any atom is -0.339 e. The highest BCUT2D eigenvalue weighted by atomic mass is 19.4. The van der Waals surface area contributed by atoms with Crippen LogP contribution in [0.4, 0.5) is 24.8 Å². The van der Waals surface area contributed by atoms with Crippen LogP contribution in [0.3, 0.4) is 0 Å². The SMILES string of the molecule is O=C(CCC(F)(F)F)N1CC=C(c2cccn3nc(Nc4ccc(C(=O)N5CC[C@H]6CNC[C@H]65)cc4)nc23)CC1. The second-order valence-corrected chi connectivity index (χ2v) is 10.5. The number of nitrogens with one attached hydrogen (secondary N) is 2. The summed E-state index contributed by atoms with van der Waals surface area (Å²) < 4.78 is 39.1. The molecule has 0 spiro atoms. The van der Waals surface area contributed by atoms with Gasteiger partial charge >= 0.3 is 6.18 Å². The molecule has 2 aromatic heterocycles. The van der Waals surface area contributed by atoms with E-state index in [1.165, 1.54) is 4.90 Å². The summed E-state index contributed by atoms with van der Waals surface area (Å²) in [5, 5.41) is 11.1. The van der Waals surface area contributed by atoms with E-state index in [9.17, 15) is 22.8 Å². The Labute approximate surface area is 229 Å². The van der Waals surface area contributed by atoms with Crippen LogP contribution in [0.1, 0.15) is 41.6 Å². The number of amides is 2. The molecule has 0 radical (unpaired) electrons. The first-order valence-electron chi connectivity index (χ1n) is 13.5. The van der Waals surface area contributed by atoms with Crippen molar-refractivity contribution < 1.29 is 22.8 Å². The van der Waals surface area contributed by atoms with Gasteiger partial charge in [-0.1, -0.05) is 6.08 Å². The molecule has 9 nitrogen and oxygen atoms in total. The van der Waals surface area contributed by atoms with Gasteiger partial charge in [-0.25, -0.2) is 4.52 Å². The van der Waals surface area contributed by atoms with E-state index >= 15 is 0 Å². The average molecular weight is 554 g/mol. The zero-order chi connectivity index (χ0) is 27.9. The maximum Gasteiger partial charge on any atom is 0.389 e. The lowest BCUT2D eigenvalue weighted by Gasteiger charge is -2.27. The molecule has 2 saturated heterocycles. The van der Waals surface area contributed by atoms with Gasteiger partial charge in [-0.2, -0.15) is 18.2 Å². The quantitative estimate of drug-likeness (QED) is 0.482. The predicted molar refractivity (Wildman–Crippen MR) is 143 cm³/mol. The van der Waals surface area contributed by atoms with Crippen LogP contribution in [-0.4, -0.2) is 81.2 Å². The maximum absolute atomic E-state index is 13.1. The molecule has 2 N–H and O–H groups in total. The second-order valence-electron chi connectivity index (χ2n) is 10.5. The Morgan fingerprint density at radius 1 is 1.10 bits per heavy atom. The van der Waals surface area contributed by atoms with Gasteiger partial charge in [0.25, 0.3) is 5.91 Å². The number of likely N-dealkylation sites (tertiary alicyclic amines) is 1. The number of nitrogens with zero attached hydrogens (tertiary/aromatic N) is 5. The number of pyridine rings is 1. The van der Waals surface area contributed by atoms with Crippen molar-refractivity contribution in [3.8, 4) is 0 Å². The third-order valence-electron chi connectivity index (χ3n) is 7.99. The molecule has 5 heterocycles. The zero-order valence-corrected chi connectivity index (χ0v) is 21.8. The van der Waals surface area contributed by atoms with Gasteiger partial charge in [0.05, 0.1) is 6.42 Å². The first-order valence-corrected chi connectivity index (χ1v) is 13.5. The monoisotopic (exact) mass is 553 g/mol. The highest BCUT2D eigenvalue weighted by Crippen LogP contribution is 2.30. The second kappa shape index (κ2) is 10.6. The van der Waals surface area contributed by atoms with Crippen LogP contribution in [-0.2, 0) is 4.79 Å². The number of hydrogen-bond donors (Lipinski definition) is 2. The lowest BCUT2D eigenvalue weighted by Crippen LogP contribution is -2.39. The molecule has 40 heavy (non-hydrogen) atoms. The Morgan fingerprint density at radius 3 is 2.67 bits per heavy atom. The lowest BCUT2D eigenvalue weighted by atomic mass is 10.00. The van der Waals surface area contributed by atoms with Gasteiger partial charge in [0.2, 0.25) is 11.9 Å². The Morgan fingerprint density at radius 2 is 1.93 bits per heavy atom. The summed E-state index contributed by atoms with van der Waals surface area (Å²) in [4.78, 5) is 33.4. The molecular formula is C28H30F3N7O2. The van der Waals surface area contributed by atoms with Crippen LogP contribution in [0, 0.1) is 5.92 Å². The number of halogens is 3. The minimum absolute atomic E-state index is 0.0552. The summed E-state index contributed by atoms with van der Waals surface area (Å²) in [6.07, 6.45) is -0.776. The van der Waals surface area contributed by atoms with Gasteiger partial charge < -0.3 is 20.4 Å². The molecule has 0 aliphatic carbocycles. The zero-order valence-electron chi connectivity index (χ0n) is 21.8. The van der Waals surface area contributed by atoms with Gasteiger partial charge in [-0.15, -0.1) is 5.10 Å². The van der Waals surface area contributed by atoms with Gasteiger partial charge in [0.15, 0.2) is 5.65 Å². The summed E-state index contributed by atoms with van der Waals surface area (Å²) in [6, 6.07) is 11.4. The number of hydrogen-bond acceptors (Lipinski definition) is 6. The molecule has 0 unspecified atom stereocenters. The topological polar surface area (TPSA) is 94.9 Å². The molecule has 2 fully saturated rings. The largest absolute Gasteiger partial charge is 0.389 e. The summed E-state index contributed by atoms with van der Waals surface area (Å²) >= 11 is 0. The highest BCUT2D eigenvalue weighted by molar-refractivity contribution is 5.95. The number of fused-ring (bicyclic) bond motifs is 2. The Bertz CT molecular complexity index is 1450. The van der Waals surface area contributed by atoms with E-state index in [0.717, 1.165) is 42.9 Å². The number of aromatic nitrogens is 3. The van der Waals surface area contributed by atoms with Crippen molar-refractivity contribution in [3.63, 3.8) is 0 Å². The minimum atomic E-state index is -4.34. The summed E-state index contributed by atoms with van der Waals surface area (Å²) in [7, 11) is 0. The fraction of sp³-hybridized carbons (Fsp3) is 0.429. The van der Waals surface area contributed by atoms with Crippen LogP contribution >= 0.6 is 0 Å². The molecule has 3 aliphatic rings. The van der Waals surface area contributed by atoms with E-state index < -0.39 is 24.9 Å². The molecule has 3 aromatic rings. The summed E-state index contributed by atoms with van der Waals surface area (Å²) in [5.41, 5.74) is 3.86.